The molecule has 2 aromatic rings. The van der Waals surface area contributed by atoms with Crippen molar-refractivity contribution in [2.24, 2.45) is 0 Å². The average Bonchev–Trinajstić information content (AvgIpc) is 2.28. The number of nitrogens with one attached hydrogen (secondary N) is 1. The Bertz CT molecular complexity index is 512. The summed E-state index contributed by atoms with van der Waals surface area (Å²) in [5.74, 6) is 0.826. The van der Waals surface area contributed by atoms with E-state index in [-0.39, 0.29) is 0 Å². The normalized spacial score (nSPS) is 10.2. The third kappa shape index (κ3) is 2.44. The summed E-state index contributed by atoms with van der Waals surface area (Å²) in [5, 5.41) is 3.28. The van der Waals surface area contributed by atoms with Gasteiger partial charge in [0.2, 0.25) is 0 Å². The quantitative estimate of drug-likeness (QED) is 0.859. The van der Waals surface area contributed by atoms with E-state index >= 15 is 0 Å². The van der Waals surface area contributed by atoms with Crippen molar-refractivity contribution in [2.75, 3.05) is 5.32 Å². The van der Waals surface area contributed by atoms with Crippen molar-refractivity contribution >= 4 is 43.4 Å². The van der Waals surface area contributed by atoms with E-state index in [0.29, 0.717) is 0 Å². The zero-order valence-electron chi connectivity index (χ0n) is 8.67. The SMILES string of the molecule is Cc1ccnc(Nc2ccccc2Br)c1Br. The third-order valence-electron chi connectivity index (χ3n) is 2.21. The smallest absolute Gasteiger partial charge is 0.144 e. The Hall–Kier alpha value is -0.870. The predicted molar refractivity (Wildman–Crippen MR) is 74.1 cm³/mol. The summed E-state index contributed by atoms with van der Waals surface area (Å²) < 4.78 is 2.01. The topological polar surface area (TPSA) is 24.9 Å². The second kappa shape index (κ2) is 4.97. The summed E-state index contributed by atoms with van der Waals surface area (Å²) in [4.78, 5) is 4.30. The van der Waals surface area contributed by atoms with Gasteiger partial charge in [0.25, 0.3) is 0 Å². The van der Waals surface area contributed by atoms with E-state index in [9.17, 15) is 0 Å². The molecular weight excluding hydrogens is 332 g/mol. The minimum atomic E-state index is 0.826. The van der Waals surface area contributed by atoms with Gasteiger partial charge in [-0.1, -0.05) is 12.1 Å². The fraction of sp³-hybridized carbons (Fsp3) is 0.0833. The number of hydrogen-bond acceptors (Lipinski definition) is 2. The number of nitrogens with zero attached hydrogens (tertiary/aromatic N) is 1. The molecule has 16 heavy (non-hydrogen) atoms. The van der Waals surface area contributed by atoms with Crippen LogP contribution >= 0.6 is 31.9 Å². The van der Waals surface area contributed by atoms with E-state index in [4.69, 9.17) is 0 Å². The molecular formula is C12H10Br2N2. The molecule has 0 spiro atoms. The van der Waals surface area contributed by atoms with Crippen LogP contribution in [0.2, 0.25) is 0 Å². The first kappa shape index (κ1) is 11.6. The Morgan fingerprint density at radius 3 is 2.62 bits per heavy atom. The van der Waals surface area contributed by atoms with Gasteiger partial charge in [0.15, 0.2) is 0 Å². The van der Waals surface area contributed by atoms with Gasteiger partial charge in [0.1, 0.15) is 5.82 Å². The summed E-state index contributed by atoms with van der Waals surface area (Å²) in [7, 11) is 0. The highest BCUT2D eigenvalue weighted by Gasteiger charge is 2.05. The molecule has 4 heteroatoms. The van der Waals surface area contributed by atoms with Gasteiger partial charge in [0.05, 0.1) is 10.2 Å². The first-order chi connectivity index (χ1) is 7.68. The van der Waals surface area contributed by atoms with Crippen LogP contribution in [0.1, 0.15) is 5.56 Å². The number of para-hydroxylation sites is 1. The molecule has 0 aliphatic heterocycles. The molecule has 0 amide bonds. The highest BCUT2D eigenvalue weighted by Crippen LogP contribution is 2.29. The summed E-state index contributed by atoms with van der Waals surface area (Å²) in [6.07, 6.45) is 1.79. The van der Waals surface area contributed by atoms with Crippen LogP contribution in [-0.2, 0) is 0 Å². The highest BCUT2D eigenvalue weighted by atomic mass is 79.9. The zero-order valence-corrected chi connectivity index (χ0v) is 11.8. The maximum Gasteiger partial charge on any atom is 0.144 e. The van der Waals surface area contributed by atoms with E-state index in [2.05, 4.69) is 42.2 Å². The van der Waals surface area contributed by atoms with Gasteiger partial charge >= 0.3 is 0 Å². The molecule has 1 aromatic heterocycles. The Kier molecular flexibility index (Phi) is 3.61. The fourth-order valence-electron chi connectivity index (χ4n) is 1.32. The lowest BCUT2D eigenvalue weighted by Gasteiger charge is -2.10. The minimum absolute atomic E-state index is 0.826. The van der Waals surface area contributed by atoms with Crippen LogP contribution in [0.25, 0.3) is 0 Å². The van der Waals surface area contributed by atoms with Gasteiger partial charge in [-0.3, -0.25) is 0 Å². The van der Waals surface area contributed by atoms with Crippen LogP contribution in [0.3, 0.4) is 0 Å². The van der Waals surface area contributed by atoms with Gasteiger partial charge < -0.3 is 5.32 Å². The summed E-state index contributed by atoms with van der Waals surface area (Å²) in [6.45, 7) is 2.04. The fourth-order valence-corrected chi connectivity index (χ4v) is 2.04. The molecule has 0 saturated heterocycles. The summed E-state index contributed by atoms with van der Waals surface area (Å²) in [6, 6.07) is 9.92. The Labute approximate surface area is 111 Å². The van der Waals surface area contributed by atoms with Gasteiger partial charge in [0, 0.05) is 10.7 Å². The molecule has 0 atom stereocenters. The molecule has 0 aliphatic carbocycles. The van der Waals surface area contributed by atoms with E-state index < -0.39 is 0 Å². The average molecular weight is 342 g/mol. The van der Waals surface area contributed by atoms with Crippen molar-refractivity contribution in [3.05, 3.63) is 51.0 Å². The van der Waals surface area contributed by atoms with E-state index in [0.717, 1.165) is 26.0 Å². The predicted octanol–water partition coefficient (Wildman–Crippen LogP) is 4.66. The van der Waals surface area contributed by atoms with Gasteiger partial charge in [-0.25, -0.2) is 4.98 Å². The van der Waals surface area contributed by atoms with Crippen LogP contribution < -0.4 is 5.32 Å². The molecule has 0 fully saturated rings. The molecule has 1 aromatic carbocycles. The molecule has 0 unspecified atom stereocenters. The summed E-state index contributed by atoms with van der Waals surface area (Å²) in [5.41, 5.74) is 2.16. The van der Waals surface area contributed by atoms with Crippen molar-refractivity contribution in [1.29, 1.82) is 0 Å². The van der Waals surface area contributed by atoms with E-state index in [1.165, 1.54) is 0 Å². The van der Waals surface area contributed by atoms with Crippen molar-refractivity contribution in [1.82, 2.24) is 4.98 Å². The monoisotopic (exact) mass is 340 g/mol. The number of benzene rings is 1. The van der Waals surface area contributed by atoms with Crippen molar-refractivity contribution in [2.45, 2.75) is 6.92 Å². The number of pyridine rings is 1. The maximum absolute atomic E-state index is 4.30. The van der Waals surface area contributed by atoms with E-state index in [1.54, 1.807) is 6.20 Å². The third-order valence-corrected chi connectivity index (χ3v) is 3.90. The van der Waals surface area contributed by atoms with Crippen LogP contribution in [0.5, 0.6) is 0 Å². The number of hydrogen-bond donors (Lipinski definition) is 1. The van der Waals surface area contributed by atoms with Gasteiger partial charge in [-0.2, -0.15) is 0 Å². The maximum atomic E-state index is 4.30. The van der Waals surface area contributed by atoms with Crippen LogP contribution in [-0.4, -0.2) is 4.98 Å². The lowest BCUT2D eigenvalue weighted by atomic mass is 10.3. The van der Waals surface area contributed by atoms with Crippen molar-refractivity contribution in [3.8, 4) is 0 Å². The molecule has 2 rings (SSSR count). The molecule has 0 saturated carbocycles. The molecule has 82 valence electrons. The largest absolute Gasteiger partial charge is 0.338 e. The number of aryl methyl sites for hydroxylation is 1. The number of rotatable bonds is 2. The molecule has 2 nitrogen and oxygen atoms in total. The van der Waals surface area contributed by atoms with Crippen LogP contribution in [0, 0.1) is 6.92 Å². The van der Waals surface area contributed by atoms with Gasteiger partial charge in [-0.05, 0) is 62.5 Å². The number of anilines is 2. The van der Waals surface area contributed by atoms with Crippen LogP contribution in [0.4, 0.5) is 11.5 Å². The van der Waals surface area contributed by atoms with Crippen molar-refractivity contribution < 1.29 is 0 Å². The first-order valence-electron chi connectivity index (χ1n) is 4.81. The first-order valence-corrected chi connectivity index (χ1v) is 6.40. The van der Waals surface area contributed by atoms with Crippen LogP contribution in [0.15, 0.2) is 45.5 Å². The lowest BCUT2D eigenvalue weighted by molar-refractivity contribution is 1.25. The highest BCUT2D eigenvalue weighted by molar-refractivity contribution is 9.11. The number of halogens is 2. The summed E-state index contributed by atoms with van der Waals surface area (Å²) >= 11 is 7.01. The number of aromatic nitrogens is 1. The molecule has 0 radical (unpaired) electrons. The minimum Gasteiger partial charge on any atom is -0.338 e. The molecule has 0 aliphatic rings. The van der Waals surface area contributed by atoms with E-state index in [1.807, 2.05) is 37.3 Å². The molecule has 1 N–H and O–H groups in total. The second-order valence-corrected chi connectivity index (χ2v) is 5.04. The van der Waals surface area contributed by atoms with Gasteiger partial charge in [-0.15, -0.1) is 0 Å². The second-order valence-electron chi connectivity index (χ2n) is 3.40. The standard InChI is InChI=1S/C12H10Br2N2/c1-8-6-7-15-12(11(8)14)16-10-5-3-2-4-9(10)13/h2-7H,1H3,(H,15,16). The lowest BCUT2D eigenvalue weighted by Crippen LogP contribution is -1.96. The zero-order chi connectivity index (χ0) is 11.5. The molecule has 1 heterocycles. The van der Waals surface area contributed by atoms with Crippen molar-refractivity contribution in [3.63, 3.8) is 0 Å². The Morgan fingerprint density at radius 2 is 1.88 bits per heavy atom. The Balaban J connectivity index is 2.35. The molecule has 0 bridgehead atoms. The Morgan fingerprint density at radius 1 is 1.12 bits per heavy atom.